The molecule has 12 atom stereocenters. The molecule has 8 aromatic carbocycles. The Labute approximate surface area is 784 Å². The third-order valence-corrected chi connectivity index (χ3v) is 26.5. The lowest BCUT2D eigenvalue weighted by Crippen LogP contribution is -2.54. The summed E-state index contributed by atoms with van der Waals surface area (Å²) in [6.45, 7) is 16.4. The predicted octanol–water partition coefficient (Wildman–Crippen LogP) is 16.1. The van der Waals surface area contributed by atoms with E-state index in [0.29, 0.717) is 100 Å². The van der Waals surface area contributed by atoms with Crippen LogP contribution in [-0.2, 0) is 57.3 Å². The molecule has 8 aromatic rings. The molecule has 30 heteroatoms. The lowest BCUT2D eigenvalue weighted by atomic mass is 10.0. The Balaban J connectivity index is 0.000000227. The van der Waals surface area contributed by atoms with Gasteiger partial charge in [0.25, 0.3) is 0 Å². The van der Waals surface area contributed by atoms with Gasteiger partial charge in [0.05, 0.1) is 52.6 Å². The SMILES string of the molecule is COC(=O)N[C@H](C(=O)N1CCC[C@H]1C(=O)Nc1ccc([C@@H]2CC[C@@H](c3ccc(NC(=O)[C@@H]4CCCN4C(=O)[C@@H](NC(=O)OC)C(C)C)cc3)N2c2ccc(-c3ccccc3)cc2)cc1)C(C)C.COC(=O)N[C@H](C(=O)N1CCC[C@H]1C(=O)Nc1ccc([C@H]2CC[C@H](c3ccc(NC(=O)[C@@H]4CCCN4C(=O)[C@@H](NC(=O)OC)C(C)C)cc3)N2c2ccc(-c3ccccc3)cc2)cc1)C(C)C. The molecule has 134 heavy (non-hydrogen) atoms. The summed E-state index contributed by atoms with van der Waals surface area (Å²) in [5.41, 5.74) is 13.4. The van der Waals surface area contributed by atoms with Gasteiger partial charge in [-0.15, -0.1) is 0 Å². The number of ether oxygens (including phenoxy) is 4. The maximum atomic E-state index is 13.7. The smallest absolute Gasteiger partial charge is 0.407 e. The van der Waals surface area contributed by atoms with Gasteiger partial charge >= 0.3 is 24.4 Å². The van der Waals surface area contributed by atoms with Gasteiger partial charge in [-0.05, 0) is 218 Å². The first-order chi connectivity index (χ1) is 64.5. The molecule has 8 N–H and O–H groups in total. The number of rotatable bonds is 28. The van der Waals surface area contributed by atoms with Crippen LogP contribution in [0.5, 0.6) is 0 Å². The van der Waals surface area contributed by atoms with Crippen LogP contribution in [0.25, 0.3) is 22.3 Å². The maximum Gasteiger partial charge on any atom is 0.407 e. The average Bonchev–Trinajstić information content (AvgIpc) is 1.58. The van der Waals surface area contributed by atoms with Gasteiger partial charge in [0.2, 0.25) is 47.3 Å². The van der Waals surface area contributed by atoms with Crippen molar-refractivity contribution in [2.45, 2.75) is 205 Å². The third kappa shape index (κ3) is 23.3. The third-order valence-electron chi connectivity index (χ3n) is 26.5. The van der Waals surface area contributed by atoms with Gasteiger partial charge < -0.3 is 90.9 Å². The topological polar surface area (TPSA) is 357 Å². The summed E-state index contributed by atoms with van der Waals surface area (Å²) in [5.74, 6) is -3.16. The van der Waals surface area contributed by atoms with Crippen LogP contribution in [0.2, 0.25) is 0 Å². The number of nitrogens with zero attached hydrogens (tertiary/aromatic N) is 6. The fourth-order valence-electron chi connectivity index (χ4n) is 19.3. The van der Waals surface area contributed by atoms with Gasteiger partial charge in [0.15, 0.2) is 0 Å². The number of likely N-dealkylation sites (tertiary alicyclic amines) is 4. The van der Waals surface area contributed by atoms with E-state index in [4.69, 9.17) is 18.9 Å². The zero-order chi connectivity index (χ0) is 95.6. The van der Waals surface area contributed by atoms with Crippen molar-refractivity contribution in [1.29, 1.82) is 0 Å². The molecular weight excluding hydrogens is 1700 g/mol. The Morgan fingerprint density at radius 3 is 0.657 bits per heavy atom. The summed E-state index contributed by atoms with van der Waals surface area (Å²) < 4.78 is 19.0. The first-order valence-corrected chi connectivity index (χ1v) is 46.7. The van der Waals surface area contributed by atoms with Gasteiger partial charge in [0.1, 0.15) is 48.3 Å². The van der Waals surface area contributed by atoms with Crippen molar-refractivity contribution in [3.8, 4) is 22.3 Å². The fraction of sp³-hybridized carbons (Fsp3) is 0.423. The lowest BCUT2D eigenvalue weighted by Gasteiger charge is -2.34. The predicted molar refractivity (Wildman–Crippen MR) is 514 cm³/mol. The van der Waals surface area contributed by atoms with E-state index in [1.165, 1.54) is 28.4 Å². The van der Waals surface area contributed by atoms with Crippen LogP contribution in [-0.4, -0.2) is 194 Å². The second-order valence-corrected chi connectivity index (χ2v) is 36.5. The van der Waals surface area contributed by atoms with Crippen LogP contribution in [0.15, 0.2) is 206 Å². The van der Waals surface area contributed by atoms with Gasteiger partial charge in [-0.25, -0.2) is 19.2 Å². The van der Waals surface area contributed by atoms with E-state index in [9.17, 15) is 57.5 Å². The molecule has 6 aliphatic rings. The molecule has 0 radical (unpaired) electrons. The van der Waals surface area contributed by atoms with E-state index in [0.717, 1.165) is 81.6 Å². The van der Waals surface area contributed by atoms with E-state index in [-0.39, 0.29) is 95.1 Å². The molecule has 0 saturated carbocycles. The lowest BCUT2D eigenvalue weighted by molar-refractivity contribution is -0.139. The molecule has 0 aliphatic carbocycles. The Hall–Kier alpha value is -13.8. The summed E-state index contributed by atoms with van der Waals surface area (Å²) in [5, 5.41) is 22.7. The Bertz CT molecular complexity index is 4830. The standard InChI is InChI=1S/2C52H63N7O8/c2*1-32(2)45(55-51(64)66-5)49(62)57-30-10-14-43(57)47(60)53-38-22-16-36(17-23-38)41-28-29-42(59(41)40-26-20-35(21-27-40)34-12-8-7-9-13-34)37-18-24-39(25-19-37)54-48(61)44-15-11-31-58(44)50(63)46(33(3)4)56-52(65)67-6/h2*7-9,12-13,16-27,32-33,41-46H,10-11,14-15,28-31H2,1-6H3,(H,53,60)(H,54,61)(H,55,64)(H,56,65)/t41-,42-,43+,44+,45+,46+;41-,42-,43-,44-,45-,46-/m10/s1. The number of carbonyl (C=O) groups is 12. The van der Waals surface area contributed by atoms with Crippen molar-refractivity contribution in [1.82, 2.24) is 40.9 Å². The van der Waals surface area contributed by atoms with Crippen LogP contribution >= 0.6 is 0 Å². The van der Waals surface area contributed by atoms with Crippen molar-refractivity contribution in [3.05, 3.63) is 229 Å². The maximum absolute atomic E-state index is 13.7. The molecule has 0 unspecified atom stereocenters. The first kappa shape index (κ1) is 97.7. The molecule has 6 fully saturated rings. The zero-order valence-corrected chi connectivity index (χ0v) is 78.4. The van der Waals surface area contributed by atoms with E-state index in [1.54, 1.807) is 19.6 Å². The van der Waals surface area contributed by atoms with Crippen molar-refractivity contribution in [2.75, 3.05) is 85.7 Å². The van der Waals surface area contributed by atoms with Crippen molar-refractivity contribution in [2.24, 2.45) is 23.7 Å². The summed E-state index contributed by atoms with van der Waals surface area (Å²) in [7, 11) is 5.00. The molecule has 0 spiro atoms. The quantitative estimate of drug-likeness (QED) is 0.0211. The highest BCUT2D eigenvalue weighted by Gasteiger charge is 2.46. The largest absolute Gasteiger partial charge is 0.453 e. The number of carbonyl (C=O) groups excluding carboxylic acids is 12. The highest BCUT2D eigenvalue weighted by atomic mass is 16.6. The molecular formula is C104H126N14O16. The van der Waals surface area contributed by atoms with Gasteiger partial charge in [-0.2, -0.15) is 0 Å². The Kier molecular flexibility index (Phi) is 32.9. The number of nitrogens with one attached hydrogen (secondary N) is 8. The molecule has 14 rings (SSSR count). The number of hydrogen-bond donors (Lipinski definition) is 8. The second kappa shape index (κ2) is 45.1. The number of hydrogen-bond acceptors (Lipinski definition) is 18. The summed E-state index contributed by atoms with van der Waals surface area (Å²) in [6.07, 6.45) is 5.43. The minimum Gasteiger partial charge on any atom is -0.453 e. The van der Waals surface area contributed by atoms with E-state index in [1.807, 2.05) is 189 Å². The van der Waals surface area contributed by atoms with Gasteiger partial charge in [0, 0.05) is 60.3 Å². The molecule has 30 nitrogen and oxygen atoms in total. The van der Waals surface area contributed by atoms with Crippen LogP contribution in [0, 0.1) is 23.7 Å². The number of methoxy groups -OCH3 is 4. The summed E-state index contributed by atoms with van der Waals surface area (Å²) >= 11 is 0. The zero-order valence-electron chi connectivity index (χ0n) is 78.4. The molecule has 12 amide bonds. The van der Waals surface area contributed by atoms with Crippen LogP contribution in [0.4, 0.5) is 53.3 Å². The van der Waals surface area contributed by atoms with Gasteiger partial charge in [-0.3, -0.25) is 38.4 Å². The normalized spacial score (nSPS) is 20.0. The fourth-order valence-corrected chi connectivity index (χ4v) is 19.3. The van der Waals surface area contributed by atoms with E-state index >= 15 is 0 Å². The molecule has 0 aromatic heterocycles. The highest BCUT2D eigenvalue weighted by Crippen LogP contribution is 2.50. The first-order valence-electron chi connectivity index (χ1n) is 46.7. The minimum absolute atomic E-state index is 0.00385. The number of alkyl carbamates (subject to hydrolysis) is 4. The number of amides is 12. The highest BCUT2D eigenvalue weighted by molar-refractivity contribution is 6.02. The van der Waals surface area contributed by atoms with E-state index < -0.39 is 72.7 Å². The van der Waals surface area contributed by atoms with Crippen LogP contribution < -0.4 is 52.3 Å². The Morgan fingerprint density at radius 1 is 0.261 bits per heavy atom. The monoisotopic (exact) mass is 1830 g/mol. The number of anilines is 6. The van der Waals surface area contributed by atoms with Crippen molar-refractivity contribution >= 4 is 106 Å². The van der Waals surface area contributed by atoms with Crippen LogP contribution in [0.3, 0.4) is 0 Å². The molecule has 6 saturated heterocycles. The molecule has 708 valence electrons. The van der Waals surface area contributed by atoms with Crippen molar-refractivity contribution in [3.63, 3.8) is 0 Å². The molecule has 0 bridgehead atoms. The molecule has 6 heterocycles. The van der Waals surface area contributed by atoms with E-state index in [2.05, 4.69) is 125 Å². The second-order valence-electron chi connectivity index (χ2n) is 36.5. The summed E-state index contributed by atoms with van der Waals surface area (Å²) in [4.78, 5) is 168. The average molecular weight is 1830 g/mol. The Morgan fingerprint density at radius 2 is 0.463 bits per heavy atom. The number of benzene rings is 8. The summed E-state index contributed by atoms with van der Waals surface area (Å²) in [6, 6.07) is 63.4. The minimum atomic E-state index is -0.818. The van der Waals surface area contributed by atoms with Gasteiger partial charge in [-0.1, -0.05) is 189 Å². The van der Waals surface area contributed by atoms with Crippen LogP contribution in [0.1, 0.15) is 179 Å². The molecule has 6 aliphatic heterocycles. The van der Waals surface area contributed by atoms with Crippen molar-refractivity contribution < 1.29 is 76.5 Å².